The van der Waals surface area contributed by atoms with Crippen molar-refractivity contribution in [2.24, 2.45) is 0 Å². The Kier molecular flexibility index (Phi) is 3.10. The van der Waals surface area contributed by atoms with Crippen molar-refractivity contribution in [3.05, 3.63) is 0 Å². The predicted octanol–water partition coefficient (Wildman–Crippen LogP) is 0.422. The molecule has 2 N–H and O–H groups in total. The van der Waals surface area contributed by atoms with Gasteiger partial charge in [-0.05, 0) is 26.7 Å². The SMILES string of the molecule is CC(C)N1CCC2(CC1)CNCCN2. The van der Waals surface area contributed by atoms with Crippen molar-refractivity contribution in [3.8, 4) is 0 Å². The molecule has 82 valence electrons. The average molecular weight is 197 g/mol. The number of nitrogens with one attached hydrogen (secondary N) is 2. The Hall–Kier alpha value is -0.120. The lowest BCUT2D eigenvalue weighted by atomic mass is 9.85. The van der Waals surface area contributed by atoms with E-state index in [0.29, 0.717) is 11.6 Å². The predicted molar refractivity (Wildman–Crippen MR) is 59.5 cm³/mol. The number of likely N-dealkylation sites (tertiary alicyclic amines) is 1. The highest BCUT2D eigenvalue weighted by Gasteiger charge is 2.35. The summed E-state index contributed by atoms with van der Waals surface area (Å²) in [5, 5.41) is 7.21. The summed E-state index contributed by atoms with van der Waals surface area (Å²) in [6, 6.07) is 0.712. The number of piperidine rings is 1. The zero-order valence-corrected chi connectivity index (χ0v) is 9.47. The van der Waals surface area contributed by atoms with E-state index in [2.05, 4.69) is 29.4 Å². The average Bonchev–Trinajstić information content (AvgIpc) is 2.19. The van der Waals surface area contributed by atoms with E-state index in [1.54, 1.807) is 0 Å². The molecule has 0 bridgehead atoms. The Bertz CT molecular complexity index is 175. The number of piperazine rings is 1. The molecule has 14 heavy (non-hydrogen) atoms. The minimum absolute atomic E-state index is 0.420. The van der Waals surface area contributed by atoms with Crippen molar-refractivity contribution in [3.63, 3.8) is 0 Å². The van der Waals surface area contributed by atoms with Crippen LogP contribution in [0, 0.1) is 0 Å². The summed E-state index contributed by atoms with van der Waals surface area (Å²) in [7, 11) is 0. The highest BCUT2D eigenvalue weighted by Crippen LogP contribution is 2.23. The zero-order valence-electron chi connectivity index (χ0n) is 9.47. The molecule has 2 saturated heterocycles. The molecule has 1 spiro atoms. The van der Waals surface area contributed by atoms with Crippen LogP contribution in [-0.2, 0) is 0 Å². The molecule has 2 rings (SSSR count). The fraction of sp³-hybridized carbons (Fsp3) is 1.00. The maximum atomic E-state index is 3.70. The maximum Gasteiger partial charge on any atom is 0.0331 e. The van der Waals surface area contributed by atoms with Gasteiger partial charge in [0.15, 0.2) is 0 Å². The third-order valence-corrected chi connectivity index (χ3v) is 3.75. The molecule has 0 saturated carbocycles. The van der Waals surface area contributed by atoms with Crippen molar-refractivity contribution in [2.45, 2.75) is 38.3 Å². The molecule has 0 unspecified atom stereocenters. The van der Waals surface area contributed by atoms with Gasteiger partial charge in [0.2, 0.25) is 0 Å². The third kappa shape index (κ3) is 2.10. The molecule has 2 aliphatic rings. The summed E-state index contributed by atoms with van der Waals surface area (Å²) in [6.07, 6.45) is 2.61. The minimum atomic E-state index is 0.420. The van der Waals surface area contributed by atoms with Gasteiger partial charge in [-0.2, -0.15) is 0 Å². The van der Waals surface area contributed by atoms with E-state index in [4.69, 9.17) is 0 Å². The highest BCUT2D eigenvalue weighted by molar-refractivity contribution is 4.97. The van der Waals surface area contributed by atoms with Crippen LogP contribution in [-0.4, -0.2) is 49.2 Å². The number of hydrogen-bond acceptors (Lipinski definition) is 3. The van der Waals surface area contributed by atoms with E-state index in [-0.39, 0.29) is 0 Å². The van der Waals surface area contributed by atoms with Gasteiger partial charge in [0, 0.05) is 44.3 Å². The minimum Gasteiger partial charge on any atom is -0.314 e. The van der Waals surface area contributed by atoms with Gasteiger partial charge < -0.3 is 15.5 Å². The van der Waals surface area contributed by atoms with Crippen LogP contribution in [0.2, 0.25) is 0 Å². The van der Waals surface area contributed by atoms with Crippen LogP contribution in [0.15, 0.2) is 0 Å². The Balaban J connectivity index is 1.87. The molecule has 0 radical (unpaired) electrons. The molecule has 2 fully saturated rings. The van der Waals surface area contributed by atoms with E-state index >= 15 is 0 Å². The van der Waals surface area contributed by atoms with Crippen LogP contribution in [0.4, 0.5) is 0 Å². The van der Waals surface area contributed by atoms with Gasteiger partial charge in [0.05, 0.1) is 0 Å². The monoisotopic (exact) mass is 197 g/mol. The summed E-state index contributed by atoms with van der Waals surface area (Å²) in [5.41, 5.74) is 0.420. The Labute approximate surface area is 87.2 Å². The van der Waals surface area contributed by atoms with Crippen LogP contribution in [0.3, 0.4) is 0 Å². The molecule has 3 nitrogen and oxygen atoms in total. The van der Waals surface area contributed by atoms with E-state index in [0.717, 1.165) is 13.1 Å². The molecular formula is C11H23N3. The van der Waals surface area contributed by atoms with Gasteiger partial charge >= 0.3 is 0 Å². The Morgan fingerprint density at radius 2 is 1.86 bits per heavy atom. The first-order valence-corrected chi connectivity index (χ1v) is 5.92. The lowest BCUT2D eigenvalue weighted by Gasteiger charge is -2.46. The van der Waals surface area contributed by atoms with Crippen molar-refractivity contribution >= 4 is 0 Å². The molecule has 0 atom stereocenters. The molecule has 0 aliphatic carbocycles. The fourth-order valence-electron chi connectivity index (χ4n) is 2.63. The van der Waals surface area contributed by atoms with Crippen molar-refractivity contribution in [1.82, 2.24) is 15.5 Å². The van der Waals surface area contributed by atoms with E-state index in [1.807, 2.05) is 0 Å². The molecule has 2 aliphatic heterocycles. The second-order valence-corrected chi connectivity index (χ2v) is 5.01. The largest absolute Gasteiger partial charge is 0.314 e. The maximum absolute atomic E-state index is 3.70. The molecular weight excluding hydrogens is 174 g/mol. The van der Waals surface area contributed by atoms with Gasteiger partial charge in [-0.1, -0.05) is 0 Å². The second-order valence-electron chi connectivity index (χ2n) is 5.01. The lowest BCUT2D eigenvalue weighted by Crippen LogP contribution is -2.63. The Morgan fingerprint density at radius 3 is 2.36 bits per heavy atom. The molecule has 0 aromatic heterocycles. The lowest BCUT2D eigenvalue weighted by molar-refractivity contribution is 0.100. The van der Waals surface area contributed by atoms with Crippen LogP contribution >= 0.6 is 0 Å². The molecule has 0 aromatic rings. The molecule has 3 heteroatoms. The van der Waals surface area contributed by atoms with Crippen LogP contribution < -0.4 is 10.6 Å². The highest BCUT2D eigenvalue weighted by atomic mass is 15.2. The van der Waals surface area contributed by atoms with Crippen molar-refractivity contribution < 1.29 is 0 Å². The quantitative estimate of drug-likeness (QED) is 0.638. The van der Waals surface area contributed by atoms with Gasteiger partial charge in [-0.25, -0.2) is 0 Å². The summed E-state index contributed by atoms with van der Waals surface area (Å²) in [5.74, 6) is 0. The normalized spacial score (nSPS) is 28.5. The zero-order chi connectivity index (χ0) is 10.0. The number of rotatable bonds is 1. The summed E-state index contributed by atoms with van der Waals surface area (Å²) in [4.78, 5) is 2.58. The summed E-state index contributed by atoms with van der Waals surface area (Å²) >= 11 is 0. The van der Waals surface area contributed by atoms with Crippen molar-refractivity contribution in [2.75, 3.05) is 32.7 Å². The van der Waals surface area contributed by atoms with Crippen LogP contribution in [0.25, 0.3) is 0 Å². The van der Waals surface area contributed by atoms with Crippen molar-refractivity contribution in [1.29, 1.82) is 0 Å². The van der Waals surface area contributed by atoms with Gasteiger partial charge in [-0.15, -0.1) is 0 Å². The first kappa shape index (κ1) is 10.4. The summed E-state index contributed by atoms with van der Waals surface area (Å²) in [6.45, 7) is 10.5. The number of nitrogens with zero attached hydrogens (tertiary/aromatic N) is 1. The smallest absolute Gasteiger partial charge is 0.0331 e. The van der Waals surface area contributed by atoms with E-state index < -0.39 is 0 Å². The van der Waals surface area contributed by atoms with Gasteiger partial charge in [0.1, 0.15) is 0 Å². The second kappa shape index (κ2) is 4.17. The topological polar surface area (TPSA) is 27.3 Å². The fourth-order valence-corrected chi connectivity index (χ4v) is 2.63. The third-order valence-electron chi connectivity index (χ3n) is 3.75. The molecule has 0 aromatic carbocycles. The van der Waals surface area contributed by atoms with Gasteiger partial charge in [0.25, 0.3) is 0 Å². The van der Waals surface area contributed by atoms with E-state index in [1.165, 1.54) is 32.5 Å². The standard InChI is InChI=1S/C11H23N3/c1-10(2)14-7-3-11(4-8-14)9-12-5-6-13-11/h10,12-13H,3-9H2,1-2H3. The first-order valence-electron chi connectivity index (χ1n) is 5.92. The van der Waals surface area contributed by atoms with E-state index in [9.17, 15) is 0 Å². The Morgan fingerprint density at radius 1 is 1.14 bits per heavy atom. The first-order chi connectivity index (χ1) is 6.72. The summed E-state index contributed by atoms with van der Waals surface area (Å²) < 4.78 is 0. The van der Waals surface area contributed by atoms with Crippen LogP contribution in [0.1, 0.15) is 26.7 Å². The molecule has 0 amide bonds. The van der Waals surface area contributed by atoms with Gasteiger partial charge in [-0.3, -0.25) is 0 Å². The molecule has 2 heterocycles. The van der Waals surface area contributed by atoms with Crippen LogP contribution in [0.5, 0.6) is 0 Å². The number of hydrogen-bond donors (Lipinski definition) is 2.